The van der Waals surface area contributed by atoms with Gasteiger partial charge in [-0.25, -0.2) is 13.1 Å². The summed E-state index contributed by atoms with van der Waals surface area (Å²) in [6.07, 6.45) is 2.29. The average Bonchev–Trinajstić information content (AvgIpc) is 3.22. The van der Waals surface area contributed by atoms with E-state index in [0.29, 0.717) is 6.54 Å². The number of para-hydroxylation sites is 1. The highest BCUT2D eigenvalue weighted by molar-refractivity contribution is 7.89. The molecule has 0 bridgehead atoms. The first kappa shape index (κ1) is 22.4. The molecule has 1 saturated heterocycles. The predicted octanol–water partition coefficient (Wildman–Crippen LogP) is 2.91. The molecule has 0 radical (unpaired) electrons. The van der Waals surface area contributed by atoms with Crippen molar-refractivity contribution in [1.29, 1.82) is 0 Å². The maximum Gasteiger partial charge on any atom is 0.240 e. The Morgan fingerprint density at radius 3 is 2.55 bits per heavy atom. The number of piperidine rings is 1. The number of halogens is 1. The van der Waals surface area contributed by atoms with E-state index in [-0.39, 0.29) is 28.8 Å². The highest BCUT2D eigenvalue weighted by Gasteiger charge is 2.34. The second kappa shape index (κ2) is 9.10. The quantitative estimate of drug-likeness (QED) is 0.483. The van der Waals surface area contributed by atoms with Crippen LogP contribution in [0, 0.1) is 0 Å². The number of benzene rings is 2. The number of hydrogen-bond acceptors (Lipinski definition) is 4. The molecule has 0 saturated carbocycles. The van der Waals surface area contributed by atoms with Gasteiger partial charge in [0.05, 0.1) is 10.9 Å². The molecule has 3 aromatic rings. The first-order valence-electron chi connectivity index (χ1n) is 11.3. The van der Waals surface area contributed by atoms with E-state index < -0.39 is 10.0 Å². The van der Waals surface area contributed by atoms with Crippen molar-refractivity contribution in [3.63, 3.8) is 0 Å². The van der Waals surface area contributed by atoms with Gasteiger partial charge in [-0.1, -0.05) is 30.3 Å². The van der Waals surface area contributed by atoms with E-state index in [2.05, 4.69) is 21.1 Å². The molecular formula is C24H27ClN4O3S. The standard InChI is InChI=1S/C24H27ClN4O3S/c25-15-22(30)29-14-11-20-19-3-1-2-4-21(19)27-23(20)24(29)16-5-7-18(8-6-16)33(31,32)28-17-9-12-26-13-10-17/h1-8,17,24,26-28H,9-15H2/t24-/m0/s1. The number of hydrogen-bond donors (Lipinski definition) is 3. The van der Waals surface area contributed by atoms with Gasteiger partial charge in [0, 0.05) is 29.2 Å². The largest absolute Gasteiger partial charge is 0.356 e. The summed E-state index contributed by atoms with van der Waals surface area (Å²) in [7, 11) is -3.61. The Morgan fingerprint density at radius 1 is 1.09 bits per heavy atom. The summed E-state index contributed by atoms with van der Waals surface area (Å²) in [6.45, 7) is 2.18. The van der Waals surface area contributed by atoms with Crippen molar-refractivity contribution in [2.45, 2.75) is 36.2 Å². The topological polar surface area (TPSA) is 94.3 Å². The number of fused-ring (bicyclic) bond motifs is 3. The van der Waals surface area contributed by atoms with Crippen LogP contribution in [0.1, 0.15) is 35.7 Å². The smallest absolute Gasteiger partial charge is 0.240 e. The van der Waals surface area contributed by atoms with E-state index in [1.807, 2.05) is 18.2 Å². The van der Waals surface area contributed by atoms with E-state index in [4.69, 9.17) is 11.6 Å². The number of carbonyl (C=O) groups is 1. The Kier molecular flexibility index (Phi) is 6.18. The van der Waals surface area contributed by atoms with Crippen molar-refractivity contribution in [2.24, 2.45) is 0 Å². The summed E-state index contributed by atoms with van der Waals surface area (Å²) in [5, 5.41) is 4.39. The number of carbonyl (C=O) groups excluding carboxylic acids is 1. The van der Waals surface area contributed by atoms with E-state index >= 15 is 0 Å². The number of aromatic amines is 1. The molecule has 1 atom stereocenters. The molecule has 1 amide bonds. The molecule has 7 nitrogen and oxygen atoms in total. The summed E-state index contributed by atoms with van der Waals surface area (Å²) in [6, 6.07) is 14.6. The van der Waals surface area contributed by atoms with Gasteiger partial charge in [0.15, 0.2) is 0 Å². The van der Waals surface area contributed by atoms with Crippen LogP contribution in [0.3, 0.4) is 0 Å². The fraction of sp³-hybridized carbons (Fsp3) is 0.375. The lowest BCUT2D eigenvalue weighted by Crippen LogP contribution is -2.42. The third-order valence-corrected chi connectivity index (χ3v) is 8.40. The van der Waals surface area contributed by atoms with Crippen LogP contribution in [0.25, 0.3) is 10.9 Å². The normalized spacial score (nSPS) is 19.5. The zero-order chi connectivity index (χ0) is 23.0. The Balaban J connectivity index is 1.49. The van der Waals surface area contributed by atoms with Gasteiger partial charge in [-0.2, -0.15) is 0 Å². The molecule has 1 aromatic heterocycles. The van der Waals surface area contributed by atoms with Crippen LogP contribution in [0.5, 0.6) is 0 Å². The molecule has 1 fully saturated rings. The molecule has 174 valence electrons. The van der Waals surface area contributed by atoms with Crippen molar-refractivity contribution < 1.29 is 13.2 Å². The minimum absolute atomic E-state index is 0.0555. The molecule has 2 aliphatic heterocycles. The fourth-order valence-corrected chi connectivity index (χ4v) is 6.45. The third-order valence-electron chi connectivity index (χ3n) is 6.64. The van der Waals surface area contributed by atoms with Crippen LogP contribution < -0.4 is 10.0 Å². The summed E-state index contributed by atoms with van der Waals surface area (Å²) < 4.78 is 28.6. The molecule has 0 aliphatic carbocycles. The molecule has 3 N–H and O–H groups in total. The minimum Gasteiger partial charge on any atom is -0.356 e. The third kappa shape index (κ3) is 4.28. The summed E-state index contributed by atoms with van der Waals surface area (Å²) in [5.74, 6) is -0.242. The number of nitrogens with one attached hydrogen (secondary N) is 3. The predicted molar refractivity (Wildman–Crippen MR) is 129 cm³/mol. The summed E-state index contributed by atoms with van der Waals surface area (Å²) in [4.78, 5) is 18.2. The highest BCUT2D eigenvalue weighted by atomic mass is 35.5. The van der Waals surface area contributed by atoms with Gasteiger partial charge >= 0.3 is 0 Å². The van der Waals surface area contributed by atoms with Crippen molar-refractivity contribution in [3.8, 4) is 0 Å². The van der Waals surface area contributed by atoms with Crippen LogP contribution in [0.15, 0.2) is 53.4 Å². The molecule has 0 unspecified atom stereocenters. The number of H-pyrrole nitrogens is 1. The molecule has 9 heteroatoms. The van der Waals surface area contributed by atoms with Gasteiger partial charge in [-0.3, -0.25) is 4.79 Å². The Bertz CT molecular complexity index is 1270. The van der Waals surface area contributed by atoms with E-state index in [0.717, 1.165) is 54.5 Å². The maximum absolute atomic E-state index is 12.9. The summed E-state index contributed by atoms with van der Waals surface area (Å²) >= 11 is 5.93. The van der Waals surface area contributed by atoms with Crippen molar-refractivity contribution in [2.75, 3.05) is 25.5 Å². The SMILES string of the molecule is O=C(CCl)N1CCc2c([nH]c3ccccc23)[C@@H]1c1ccc(S(=O)(=O)NC2CCNCC2)cc1. The number of nitrogens with zero attached hydrogens (tertiary/aromatic N) is 1. The van der Waals surface area contributed by atoms with E-state index in [9.17, 15) is 13.2 Å². The lowest BCUT2D eigenvalue weighted by Gasteiger charge is -2.36. The monoisotopic (exact) mass is 486 g/mol. The highest BCUT2D eigenvalue weighted by Crippen LogP contribution is 2.38. The van der Waals surface area contributed by atoms with Crippen molar-refractivity contribution in [3.05, 3.63) is 65.4 Å². The van der Waals surface area contributed by atoms with Crippen LogP contribution in [0.2, 0.25) is 0 Å². The molecule has 0 spiro atoms. The van der Waals surface area contributed by atoms with Crippen LogP contribution in [0.4, 0.5) is 0 Å². The van der Waals surface area contributed by atoms with Gasteiger partial charge in [0.2, 0.25) is 15.9 Å². The van der Waals surface area contributed by atoms with Gasteiger partial charge in [0.25, 0.3) is 0 Å². The Morgan fingerprint density at radius 2 is 1.82 bits per heavy atom. The Hall–Kier alpha value is -2.39. The lowest BCUT2D eigenvalue weighted by molar-refractivity contribution is -0.130. The molecule has 2 aromatic carbocycles. The minimum atomic E-state index is -3.61. The molecule has 5 rings (SSSR count). The number of sulfonamides is 1. The van der Waals surface area contributed by atoms with Crippen molar-refractivity contribution >= 4 is 38.4 Å². The zero-order valence-corrected chi connectivity index (χ0v) is 19.8. The van der Waals surface area contributed by atoms with Gasteiger partial charge in [0.1, 0.15) is 5.88 Å². The van der Waals surface area contributed by atoms with Crippen LogP contribution in [-0.4, -0.2) is 55.8 Å². The molecular weight excluding hydrogens is 460 g/mol. The zero-order valence-electron chi connectivity index (χ0n) is 18.2. The lowest BCUT2D eigenvalue weighted by atomic mass is 9.92. The second-order valence-corrected chi connectivity index (χ2v) is 10.6. The molecule has 33 heavy (non-hydrogen) atoms. The van der Waals surface area contributed by atoms with E-state index in [1.54, 1.807) is 29.2 Å². The van der Waals surface area contributed by atoms with Crippen molar-refractivity contribution in [1.82, 2.24) is 19.9 Å². The average molecular weight is 487 g/mol. The number of amides is 1. The first-order valence-corrected chi connectivity index (χ1v) is 13.3. The van der Waals surface area contributed by atoms with Gasteiger partial charge < -0.3 is 15.2 Å². The number of alkyl halides is 1. The van der Waals surface area contributed by atoms with Crippen LogP contribution >= 0.6 is 11.6 Å². The molecule has 2 aliphatic rings. The van der Waals surface area contributed by atoms with Gasteiger partial charge in [-0.05, 0) is 61.7 Å². The molecule has 3 heterocycles. The fourth-order valence-electron chi connectivity index (χ4n) is 4.99. The number of aromatic nitrogens is 1. The first-order chi connectivity index (χ1) is 16.0. The van der Waals surface area contributed by atoms with E-state index in [1.165, 1.54) is 5.56 Å². The van der Waals surface area contributed by atoms with Gasteiger partial charge in [-0.15, -0.1) is 11.6 Å². The van der Waals surface area contributed by atoms with Crippen LogP contribution in [-0.2, 0) is 21.2 Å². The Labute approximate surface area is 198 Å². The summed E-state index contributed by atoms with van der Waals surface area (Å²) in [5.41, 5.74) is 4.03. The second-order valence-electron chi connectivity index (χ2n) is 8.65. The maximum atomic E-state index is 12.9. The number of rotatable bonds is 5.